The maximum absolute atomic E-state index is 14.7. The highest BCUT2D eigenvalue weighted by atomic mass is 35.5. The van der Waals surface area contributed by atoms with Crippen molar-refractivity contribution in [2.45, 2.75) is 0 Å². The molecule has 0 saturated carbocycles. The van der Waals surface area contributed by atoms with Gasteiger partial charge in [-0.1, -0.05) is 41.4 Å². The van der Waals surface area contributed by atoms with Gasteiger partial charge in [0.05, 0.1) is 28.0 Å². The SMILES string of the molecule is CS(=O)(=O)NC(=O)c1cc(Cl)c(-n2nc(-c3ccc(Cl)cc3F)c3ccccc32)cc1F. The van der Waals surface area contributed by atoms with Crippen LogP contribution in [-0.4, -0.2) is 30.4 Å². The van der Waals surface area contributed by atoms with E-state index < -0.39 is 33.1 Å². The highest BCUT2D eigenvalue weighted by Gasteiger charge is 2.22. The first kappa shape index (κ1) is 22.2. The number of fused-ring (bicyclic) bond motifs is 1. The van der Waals surface area contributed by atoms with Gasteiger partial charge in [0.2, 0.25) is 10.0 Å². The van der Waals surface area contributed by atoms with E-state index in [0.29, 0.717) is 10.9 Å². The van der Waals surface area contributed by atoms with Crippen LogP contribution in [0.3, 0.4) is 0 Å². The lowest BCUT2D eigenvalue weighted by molar-refractivity contribution is 0.0978. The van der Waals surface area contributed by atoms with Gasteiger partial charge < -0.3 is 0 Å². The number of benzene rings is 3. The van der Waals surface area contributed by atoms with Gasteiger partial charge in [-0.3, -0.25) is 4.79 Å². The summed E-state index contributed by atoms with van der Waals surface area (Å²) in [5.74, 6) is -2.75. The Bertz CT molecular complexity index is 1500. The second-order valence-electron chi connectivity index (χ2n) is 6.89. The minimum Gasteiger partial charge on any atom is -0.268 e. The minimum atomic E-state index is -3.90. The fourth-order valence-corrected chi connectivity index (χ4v) is 4.08. The Morgan fingerprint density at radius 1 is 1.03 bits per heavy atom. The maximum Gasteiger partial charge on any atom is 0.267 e. The molecule has 0 aliphatic heterocycles. The van der Waals surface area contributed by atoms with E-state index in [-0.39, 0.29) is 27.0 Å². The van der Waals surface area contributed by atoms with Crippen LogP contribution in [0, 0.1) is 11.6 Å². The van der Waals surface area contributed by atoms with Crippen LogP contribution in [0.5, 0.6) is 0 Å². The Morgan fingerprint density at radius 2 is 1.75 bits per heavy atom. The van der Waals surface area contributed by atoms with E-state index in [0.717, 1.165) is 24.5 Å². The van der Waals surface area contributed by atoms with Crippen LogP contribution in [0.2, 0.25) is 10.0 Å². The monoisotopic (exact) mass is 495 g/mol. The highest BCUT2D eigenvalue weighted by Crippen LogP contribution is 2.34. The normalized spacial score (nSPS) is 11.7. The van der Waals surface area contributed by atoms with E-state index in [1.165, 1.54) is 16.8 Å². The van der Waals surface area contributed by atoms with Gasteiger partial charge in [-0.2, -0.15) is 5.10 Å². The average Bonchev–Trinajstić information content (AvgIpc) is 3.07. The number of hydrogen-bond donors (Lipinski definition) is 1. The third-order valence-corrected chi connectivity index (χ3v) is 5.66. The molecule has 164 valence electrons. The van der Waals surface area contributed by atoms with E-state index in [4.69, 9.17) is 23.2 Å². The molecule has 0 atom stereocenters. The van der Waals surface area contributed by atoms with E-state index in [2.05, 4.69) is 5.10 Å². The molecule has 1 aromatic heterocycles. The Kier molecular flexibility index (Phi) is 5.66. The molecule has 11 heteroatoms. The predicted octanol–water partition coefficient (Wildman–Crippen LogP) is 4.97. The number of carbonyl (C=O) groups is 1. The molecule has 0 bridgehead atoms. The molecule has 4 aromatic rings. The molecule has 6 nitrogen and oxygen atoms in total. The summed E-state index contributed by atoms with van der Waals surface area (Å²) in [5.41, 5.74) is 0.503. The molecule has 0 radical (unpaired) electrons. The number of para-hydroxylation sites is 1. The van der Waals surface area contributed by atoms with Crippen molar-refractivity contribution in [3.05, 3.63) is 81.8 Å². The van der Waals surface area contributed by atoms with Gasteiger partial charge in [-0.15, -0.1) is 0 Å². The number of amides is 1. The second kappa shape index (κ2) is 8.16. The van der Waals surface area contributed by atoms with Gasteiger partial charge in [0, 0.05) is 22.0 Å². The van der Waals surface area contributed by atoms with Crippen LogP contribution < -0.4 is 4.72 Å². The lowest BCUT2D eigenvalue weighted by atomic mass is 10.1. The maximum atomic E-state index is 14.7. The summed E-state index contributed by atoms with van der Waals surface area (Å²) in [4.78, 5) is 12.1. The first-order valence-electron chi connectivity index (χ1n) is 9.00. The van der Waals surface area contributed by atoms with Crippen molar-refractivity contribution in [1.82, 2.24) is 14.5 Å². The lowest BCUT2D eigenvalue weighted by Crippen LogP contribution is -2.30. The fraction of sp³-hybridized carbons (Fsp3) is 0.0476. The lowest BCUT2D eigenvalue weighted by Gasteiger charge is -2.10. The van der Waals surface area contributed by atoms with E-state index in [1.54, 1.807) is 29.0 Å². The number of sulfonamides is 1. The highest BCUT2D eigenvalue weighted by molar-refractivity contribution is 7.89. The summed E-state index contributed by atoms with van der Waals surface area (Å²) in [6.45, 7) is 0. The van der Waals surface area contributed by atoms with Crippen LogP contribution in [0.15, 0.2) is 54.6 Å². The number of hydrogen-bond acceptors (Lipinski definition) is 4. The van der Waals surface area contributed by atoms with Crippen molar-refractivity contribution in [1.29, 1.82) is 0 Å². The molecule has 0 saturated heterocycles. The molecule has 1 heterocycles. The molecular formula is C21H13Cl2F2N3O3S. The van der Waals surface area contributed by atoms with Crippen molar-refractivity contribution in [2.75, 3.05) is 6.26 Å². The van der Waals surface area contributed by atoms with Crippen LogP contribution in [0.4, 0.5) is 8.78 Å². The molecule has 32 heavy (non-hydrogen) atoms. The molecule has 3 aromatic carbocycles. The van der Waals surface area contributed by atoms with Crippen molar-refractivity contribution >= 4 is 50.0 Å². The molecule has 1 amide bonds. The van der Waals surface area contributed by atoms with Crippen LogP contribution in [0.25, 0.3) is 27.8 Å². The largest absolute Gasteiger partial charge is 0.268 e. The minimum absolute atomic E-state index is 0.0681. The third-order valence-electron chi connectivity index (χ3n) is 4.56. The molecular weight excluding hydrogens is 483 g/mol. The Labute approximate surface area is 191 Å². The average molecular weight is 496 g/mol. The number of aromatic nitrogens is 2. The van der Waals surface area contributed by atoms with Crippen LogP contribution in [0.1, 0.15) is 10.4 Å². The summed E-state index contributed by atoms with van der Waals surface area (Å²) >= 11 is 12.2. The number of carbonyl (C=O) groups excluding carboxylic acids is 1. The van der Waals surface area contributed by atoms with Gasteiger partial charge in [0.1, 0.15) is 17.3 Å². The third kappa shape index (κ3) is 4.19. The van der Waals surface area contributed by atoms with Gasteiger partial charge in [0.15, 0.2) is 0 Å². The van der Waals surface area contributed by atoms with E-state index in [9.17, 15) is 22.0 Å². The van der Waals surface area contributed by atoms with E-state index >= 15 is 0 Å². The van der Waals surface area contributed by atoms with Crippen molar-refractivity contribution in [2.24, 2.45) is 0 Å². The Balaban J connectivity index is 1.90. The summed E-state index contributed by atoms with van der Waals surface area (Å²) in [6, 6.07) is 13.0. The Morgan fingerprint density at radius 3 is 2.44 bits per heavy atom. The zero-order valence-electron chi connectivity index (χ0n) is 16.2. The second-order valence-corrected chi connectivity index (χ2v) is 9.48. The van der Waals surface area contributed by atoms with Gasteiger partial charge in [-0.25, -0.2) is 26.6 Å². The summed E-state index contributed by atoms with van der Waals surface area (Å²) < 4.78 is 54.9. The van der Waals surface area contributed by atoms with Crippen molar-refractivity contribution in [3.8, 4) is 16.9 Å². The number of halogens is 4. The fourth-order valence-electron chi connectivity index (χ4n) is 3.23. The first-order chi connectivity index (χ1) is 15.0. The van der Waals surface area contributed by atoms with Gasteiger partial charge in [-0.05, 0) is 30.3 Å². The topological polar surface area (TPSA) is 81.1 Å². The molecule has 0 aliphatic carbocycles. The van der Waals surface area contributed by atoms with Crippen LogP contribution in [-0.2, 0) is 10.0 Å². The zero-order chi connectivity index (χ0) is 23.2. The summed E-state index contributed by atoms with van der Waals surface area (Å²) in [5, 5.41) is 5.17. The van der Waals surface area contributed by atoms with Crippen LogP contribution >= 0.6 is 23.2 Å². The molecule has 0 aliphatic rings. The Hall–Kier alpha value is -3.01. The standard InChI is InChI=1S/C21H13Cl2F2N3O3S/c1-32(30,31)27-21(29)14-9-15(23)19(10-17(14)25)28-18-5-3-2-4-13(18)20(26-28)12-7-6-11(22)8-16(12)24/h2-10H,1H3,(H,27,29). The quantitative estimate of drug-likeness (QED) is 0.433. The van der Waals surface area contributed by atoms with Crippen molar-refractivity contribution in [3.63, 3.8) is 0 Å². The van der Waals surface area contributed by atoms with Crippen molar-refractivity contribution < 1.29 is 22.0 Å². The molecule has 1 N–H and O–H groups in total. The zero-order valence-corrected chi connectivity index (χ0v) is 18.6. The summed E-state index contributed by atoms with van der Waals surface area (Å²) in [6.07, 6.45) is 0.770. The first-order valence-corrected chi connectivity index (χ1v) is 11.6. The molecule has 4 rings (SSSR count). The smallest absolute Gasteiger partial charge is 0.267 e. The van der Waals surface area contributed by atoms with Gasteiger partial charge >= 0.3 is 0 Å². The number of nitrogens with one attached hydrogen (secondary N) is 1. The molecule has 0 fully saturated rings. The number of rotatable bonds is 4. The van der Waals surface area contributed by atoms with Gasteiger partial charge in [0.25, 0.3) is 5.91 Å². The number of nitrogens with zero attached hydrogens (tertiary/aromatic N) is 2. The molecule has 0 spiro atoms. The summed E-state index contributed by atoms with van der Waals surface area (Å²) in [7, 11) is -3.90. The van der Waals surface area contributed by atoms with E-state index in [1.807, 2.05) is 0 Å². The molecule has 0 unspecified atom stereocenters. The predicted molar refractivity (Wildman–Crippen MR) is 119 cm³/mol.